The Morgan fingerprint density at radius 2 is 1.29 bits per heavy atom. The second-order valence-corrected chi connectivity index (χ2v) is 7.79. The van der Waals surface area contributed by atoms with Crippen molar-refractivity contribution in [1.82, 2.24) is 14.9 Å². The Morgan fingerprint density at radius 1 is 0.800 bits per heavy atom. The van der Waals surface area contributed by atoms with Crippen LogP contribution in [0.25, 0.3) is 0 Å². The molecule has 0 saturated heterocycles. The average Bonchev–Trinajstić information content (AvgIpc) is 2.96. The van der Waals surface area contributed by atoms with Crippen molar-refractivity contribution in [2.24, 2.45) is 0 Å². The van der Waals surface area contributed by atoms with Gasteiger partial charge in [-0.15, -0.1) is 8.78 Å². The summed E-state index contributed by atoms with van der Waals surface area (Å²) in [6.45, 7) is 7.84. The van der Waals surface area contributed by atoms with Crippen LogP contribution in [0.1, 0.15) is 41.7 Å². The minimum Gasteiger partial charge on any atom is -0.477 e. The van der Waals surface area contributed by atoms with Crippen LogP contribution in [-0.4, -0.2) is 82.8 Å². The molecule has 0 unspecified atom stereocenters. The fraction of sp³-hybridized carbons (Fsp3) is 0.440. The van der Waals surface area contributed by atoms with Crippen molar-refractivity contribution in [2.45, 2.75) is 45.4 Å². The van der Waals surface area contributed by atoms with Gasteiger partial charge in [-0.25, -0.2) is 29.0 Å². The van der Waals surface area contributed by atoms with E-state index in [2.05, 4.69) is 54.6 Å². The summed E-state index contributed by atoms with van der Waals surface area (Å²) < 4.78 is 139. The van der Waals surface area contributed by atoms with Crippen LogP contribution in [0.5, 0.6) is 0 Å². The fourth-order valence-electron chi connectivity index (χ4n) is 2.49. The second-order valence-electron chi connectivity index (χ2n) is 7.79. The number of hydrogen-bond acceptors (Lipinski definition) is 9. The highest BCUT2D eigenvalue weighted by Crippen LogP contribution is 2.42. The summed E-state index contributed by atoms with van der Waals surface area (Å²) >= 11 is 0. The van der Waals surface area contributed by atoms with E-state index in [1.165, 1.54) is 44.0 Å². The van der Waals surface area contributed by atoms with Crippen molar-refractivity contribution < 1.29 is 77.5 Å². The van der Waals surface area contributed by atoms with Crippen LogP contribution in [0.15, 0.2) is 61.1 Å². The van der Waals surface area contributed by atoms with Crippen LogP contribution in [0.3, 0.4) is 0 Å². The summed E-state index contributed by atoms with van der Waals surface area (Å²) in [7, 11) is 0. The van der Waals surface area contributed by atoms with Gasteiger partial charge in [0.2, 0.25) is 0 Å². The maximum atomic E-state index is 13.3. The number of ether oxygens (including phenoxy) is 4. The summed E-state index contributed by atoms with van der Waals surface area (Å²) in [5, 5.41) is 8.32. The molecule has 1 N–H and O–H groups in total. The van der Waals surface area contributed by atoms with E-state index >= 15 is 0 Å². The Labute approximate surface area is 249 Å². The van der Waals surface area contributed by atoms with Gasteiger partial charge in [0.1, 0.15) is 11.4 Å². The SMILES string of the molecule is CCN(CC)CC.O=C(O)c1ccccn1.O=C(OCC(F)(F)OC(F)(F)OC(F)(F)C(F)(F)OC=C(F)F)c1ccccn1. The lowest BCUT2D eigenvalue weighted by atomic mass is 10.3. The van der Waals surface area contributed by atoms with Gasteiger partial charge in [0, 0.05) is 12.4 Å². The highest BCUT2D eigenvalue weighted by molar-refractivity contribution is 5.87. The number of carbonyl (C=O) groups excluding carboxylic acids is 1. The number of hydrogen-bond donors (Lipinski definition) is 1. The van der Waals surface area contributed by atoms with Crippen LogP contribution >= 0.6 is 0 Å². The van der Waals surface area contributed by atoms with Crippen molar-refractivity contribution in [3.8, 4) is 0 Å². The molecular formula is C25H27F10N3O7. The van der Waals surface area contributed by atoms with E-state index in [4.69, 9.17) is 5.11 Å². The number of rotatable bonds is 14. The Morgan fingerprint density at radius 3 is 1.64 bits per heavy atom. The lowest BCUT2D eigenvalue weighted by molar-refractivity contribution is -0.550. The predicted octanol–water partition coefficient (Wildman–Crippen LogP) is 6.48. The number of aromatic carboxylic acids is 1. The molecule has 0 radical (unpaired) electrons. The minimum atomic E-state index is -6.41. The smallest absolute Gasteiger partial charge is 0.477 e. The Bertz CT molecular complexity index is 1180. The predicted molar refractivity (Wildman–Crippen MR) is 133 cm³/mol. The van der Waals surface area contributed by atoms with E-state index in [0.29, 0.717) is 0 Å². The van der Waals surface area contributed by atoms with Gasteiger partial charge in [0.05, 0.1) is 0 Å². The number of carboxylic acid groups (broad SMARTS) is 1. The molecule has 0 amide bonds. The lowest BCUT2D eigenvalue weighted by Gasteiger charge is -2.29. The van der Waals surface area contributed by atoms with Gasteiger partial charge < -0.3 is 19.5 Å². The van der Waals surface area contributed by atoms with Crippen LogP contribution < -0.4 is 0 Å². The van der Waals surface area contributed by atoms with Crippen LogP contribution in [0.2, 0.25) is 0 Å². The standard InChI is InChI=1S/C13H7F10NO5.C6H5NO2.C6H15N/c14-8(15)5-27-11(18,19)12(20,21)29-13(22,23)28-10(16,17)6-26-9(25)7-3-1-2-4-24-7;8-6(9)5-3-1-2-4-7-5;1-4-7(5-2)6-3/h1-5H,6H2;1-4H,(H,8,9);4-6H2,1-3H3. The molecule has 0 atom stereocenters. The molecule has 10 nitrogen and oxygen atoms in total. The van der Waals surface area contributed by atoms with Gasteiger partial charge in [-0.1, -0.05) is 32.9 Å². The fourth-order valence-corrected chi connectivity index (χ4v) is 2.49. The Kier molecular flexibility index (Phi) is 17.0. The number of carboxylic acids is 1. The summed E-state index contributed by atoms with van der Waals surface area (Å²) in [4.78, 5) is 30.8. The number of nitrogens with zero attached hydrogens (tertiary/aromatic N) is 3. The first-order valence-corrected chi connectivity index (χ1v) is 12.3. The van der Waals surface area contributed by atoms with E-state index in [-0.39, 0.29) is 5.69 Å². The molecule has 2 aromatic rings. The third-order valence-electron chi connectivity index (χ3n) is 4.62. The molecular weight excluding hydrogens is 644 g/mol. The van der Waals surface area contributed by atoms with Gasteiger partial charge in [0.15, 0.2) is 12.9 Å². The summed E-state index contributed by atoms with van der Waals surface area (Å²) in [5.74, 6) is -2.54. The first-order chi connectivity index (χ1) is 20.7. The van der Waals surface area contributed by atoms with E-state index in [1.54, 1.807) is 12.1 Å². The summed E-state index contributed by atoms with van der Waals surface area (Å²) in [5.41, 5.74) is -0.458. The zero-order valence-corrected chi connectivity index (χ0v) is 23.5. The van der Waals surface area contributed by atoms with E-state index < -0.39 is 61.2 Å². The van der Waals surface area contributed by atoms with Crippen molar-refractivity contribution in [1.29, 1.82) is 0 Å². The quantitative estimate of drug-likeness (QED) is 0.103. The van der Waals surface area contributed by atoms with Crippen molar-refractivity contribution in [2.75, 3.05) is 26.2 Å². The van der Waals surface area contributed by atoms with E-state index in [1.807, 2.05) is 0 Å². The molecule has 45 heavy (non-hydrogen) atoms. The average molecular weight is 671 g/mol. The Balaban J connectivity index is 0.000000977. The number of pyridine rings is 2. The van der Waals surface area contributed by atoms with Gasteiger partial charge in [0.25, 0.3) is 0 Å². The zero-order chi connectivity index (χ0) is 34.9. The molecule has 0 bridgehead atoms. The van der Waals surface area contributed by atoms with Crippen LogP contribution in [-0.2, 0) is 18.9 Å². The first kappa shape index (κ1) is 41.0. The number of carbonyl (C=O) groups is 2. The summed E-state index contributed by atoms with van der Waals surface area (Å²) in [6.07, 6.45) is -25.7. The number of alkyl halides is 8. The van der Waals surface area contributed by atoms with E-state index in [9.17, 15) is 53.5 Å². The van der Waals surface area contributed by atoms with Crippen LogP contribution in [0.4, 0.5) is 43.9 Å². The molecule has 2 heterocycles. The van der Waals surface area contributed by atoms with Crippen molar-refractivity contribution in [3.05, 3.63) is 72.5 Å². The van der Waals surface area contributed by atoms with Crippen molar-refractivity contribution in [3.63, 3.8) is 0 Å². The number of halogens is 10. The molecule has 0 aromatic carbocycles. The maximum Gasteiger partial charge on any atom is 0.495 e. The largest absolute Gasteiger partial charge is 0.495 e. The van der Waals surface area contributed by atoms with Gasteiger partial charge in [-0.05, 0) is 43.9 Å². The van der Waals surface area contributed by atoms with Gasteiger partial charge in [-0.3, -0.25) is 0 Å². The maximum absolute atomic E-state index is 13.3. The zero-order valence-electron chi connectivity index (χ0n) is 23.5. The molecule has 0 aliphatic carbocycles. The molecule has 2 aromatic heterocycles. The number of aromatic nitrogens is 2. The second kappa shape index (κ2) is 18.7. The molecule has 0 fully saturated rings. The first-order valence-electron chi connectivity index (χ1n) is 12.3. The topological polar surface area (TPSA) is 120 Å². The van der Waals surface area contributed by atoms with Crippen molar-refractivity contribution >= 4 is 11.9 Å². The van der Waals surface area contributed by atoms with Gasteiger partial charge in [-0.2, -0.15) is 35.1 Å². The monoisotopic (exact) mass is 671 g/mol. The highest BCUT2D eigenvalue weighted by Gasteiger charge is 2.67. The molecule has 0 spiro atoms. The normalized spacial score (nSPS) is 11.8. The van der Waals surface area contributed by atoms with Crippen LogP contribution in [0, 0.1) is 0 Å². The number of esters is 1. The minimum absolute atomic E-state index is 0.0810. The molecule has 254 valence electrons. The molecule has 0 aliphatic rings. The highest BCUT2D eigenvalue weighted by atomic mass is 19.3. The molecule has 2 rings (SSSR count). The third kappa shape index (κ3) is 16.6. The molecule has 0 aliphatic heterocycles. The lowest BCUT2D eigenvalue weighted by Crippen LogP contribution is -2.50. The Hall–Kier alpha value is -4.04. The summed E-state index contributed by atoms with van der Waals surface area (Å²) in [6, 6.07) is 8.29. The van der Waals surface area contributed by atoms with E-state index in [0.717, 1.165) is 12.3 Å². The third-order valence-corrected chi connectivity index (χ3v) is 4.62. The van der Waals surface area contributed by atoms with Gasteiger partial charge >= 0.3 is 42.6 Å². The molecule has 20 heteroatoms. The molecule has 0 saturated carbocycles.